The number of furan rings is 1. The summed E-state index contributed by atoms with van der Waals surface area (Å²) in [7, 11) is 1.33. The number of ether oxygens (including phenoxy) is 1. The Morgan fingerprint density at radius 3 is 2.78 bits per heavy atom. The van der Waals surface area contributed by atoms with Crippen LogP contribution in [0.4, 0.5) is 0 Å². The van der Waals surface area contributed by atoms with E-state index in [1.807, 2.05) is 23.8 Å². The monoisotopic (exact) mass is 507 g/mol. The lowest BCUT2D eigenvalue weighted by Gasteiger charge is -2.24. The fraction of sp³-hybridized carbons (Fsp3) is 0.444. The predicted octanol–water partition coefficient (Wildman–Crippen LogP) is 3.02. The number of hydrogen-bond acceptors (Lipinski definition) is 6. The van der Waals surface area contributed by atoms with Crippen molar-refractivity contribution in [3.8, 4) is 0 Å². The second-order valence-electron chi connectivity index (χ2n) is 6.01. The fourth-order valence-electron chi connectivity index (χ4n) is 2.36. The molecule has 0 saturated carbocycles. The molecule has 150 valence electrons. The van der Waals surface area contributed by atoms with Gasteiger partial charge in [-0.15, -0.1) is 24.0 Å². The molecule has 2 aromatic heterocycles. The van der Waals surface area contributed by atoms with Crippen LogP contribution in [0.25, 0.3) is 0 Å². The number of aliphatic hydroxyl groups is 1. The van der Waals surface area contributed by atoms with Crippen molar-refractivity contribution in [3.63, 3.8) is 0 Å². The number of carbonyl (C=O) groups excluding carboxylic acids is 1. The zero-order valence-corrected chi connectivity index (χ0v) is 19.0. The van der Waals surface area contributed by atoms with Gasteiger partial charge in [0.2, 0.25) is 0 Å². The highest BCUT2D eigenvalue weighted by molar-refractivity contribution is 14.0. The molecule has 1 unspecified atom stereocenters. The lowest BCUT2D eigenvalue weighted by molar-refractivity contribution is 0.0597. The third-order valence-corrected chi connectivity index (χ3v) is 4.54. The van der Waals surface area contributed by atoms with E-state index in [1.54, 1.807) is 31.3 Å². The van der Waals surface area contributed by atoms with Gasteiger partial charge in [0.25, 0.3) is 0 Å². The molecule has 3 N–H and O–H groups in total. The zero-order chi connectivity index (χ0) is 19.2. The second kappa shape index (κ2) is 10.7. The number of guanidine groups is 1. The van der Waals surface area contributed by atoms with E-state index in [4.69, 9.17) is 9.15 Å². The van der Waals surface area contributed by atoms with Gasteiger partial charge in [0.1, 0.15) is 29.2 Å². The molecule has 0 aliphatic rings. The number of nitrogens with one attached hydrogen (secondary N) is 2. The number of aliphatic imine (C=N–C) groups is 1. The molecule has 0 radical (unpaired) electrons. The second-order valence-corrected chi connectivity index (χ2v) is 6.79. The third kappa shape index (κ3) is 6.51. The van der Waals surface area contributed by atoms with Crippen LogP contribution >= 0.6 is 35.3 Å². The molecule has 2 aromatic rings. The molecule has 0 bridgehead atoms. The van der Waals surface area contributed by atoms with Crippen LogP contribution in [0.15, 0.2) is 32.3 Å². The van der Waals surface area contributed by atoms with Gasteiger partial charge < -0.3 is 24.9 Å². The first kappa shape index (κ1) is 23.4. The van der Waals surface area contributed by atoms with E-state index in [9.17, 15) is 9.90 Å². The number of aryl methyl sites for hydroxylation is 1. The summed E-state index contributed by atoms with van der Waals surface area (Å²) in [6, 6.07) is 3.53. The smallest absolute Gasteiger partial charge is 0.341 e. The van der Waals surface area contributed by atoms with Gasteiger partial charge in [0.05, 0.1) is 13.7 Å². The summed E-state index contributed by atoms with van der Waals surface area (Å²) in [4.78, 5) is 16.1. The summed E-state index contributed by atoms with van der Waals surface area (Å²) in [6.07, 6.45) is 0. The van der Waals surface area contributed by atoms with Gasteiger partial charge in [-0.3, -0.25) is 0 Å². The maximum absolute atomic E-state index is 11.6. The Balaban J connectivity index is 0.00000364. The van der Waals surface area contributed by atoms with Gasteiger partial charge in [-0.2, -0.15) is 11.3 Å². The minimum atomic E-state index is -1.00. The molecule has 7 nitrogen and oxygen atoms in total. The van der Waals surface area contributed by atoms with Crippen molar-refractivity contribution >= 4 is 47.2 Å². The number of halogens is 1. The topological polar surface area (TPSA) is 96.1 Å². The maximum atomic E-state index is 11.6. The van der Waals surface area contributed by atoms with Crippen LogP contribution in [0.2, 0.25) is 0 Å². The predicted molar refractivity (Wildman–Crippen MR) is 117 cm³/mol. The van der Waals surface area contributed by atoms with Crippen LogP contribution in [0, 0.1) is 6.92 Å². The Labute approximate surface area is 180 Å². The molecular formula is C18H26IN3O4S. The number of hydrogen-bond donors (Lipinski definition) is 3. The van der Waals surface area contributed by atoms with E-state index in [0.29, 0.717) is 36.1 Å². The summed E-state index contributed by atoms with van der Waals surface area (Å²) in [5, 5.41) is 20.7. The van der Waals surface area contributed by atoms with Crippen LogP contribution in [0.3, 0.4) is 0 Å². The van der Waals surface area contributed by atoms with Crippen LogP contribution < -0.4 is 10.6 Å². The summed E-state index contributed by atoms with van der Waals surface area (Å²) in [6.45, 7) is 6.66. The first-order valence-corrected chi connectivity index (χ1v) is 9.26. The van der Waals surface area contributed by atoms with E-state index < -0.39 is 11.6 Å². The number of esters is 1. The molecule has 0 spiro atoms. The Kier molecular flexibility index (Phi) is 9.27. The van der Waals surface area contributed by atoms with Crippen molar-refractivity contribution in [2.24, 2.45) is 4.99 Å². The Morgan fingerprint density at radius 1 is 1.44 bits per heavy atom. The lowest BCUT2D eigenvalue weighted by Crippen LogP contribution is -2.44. The maximum Gasteiger partial charge on any atom is 0.341 e. The Morgan fingerprint density at radius 2 is 2.19 bits per heavy atom. The number of carbonyl (C=O) groups is 1. The average molecular weight is 507 g/mol. The van der Waals surface area contributed by atoms with Crippen LogP contribution in [-0.2, 0) is 16.9 Å². The number of methoxy groups -OCH3 is 1. The van der Waals surface area contributed by atoms with E-state index in [1.165, 1.54) is 7.11 Å². The summed E-state index contributed by atoms with van der Waals surface area (Å²) >= 11 is 1.54. The van der Waals surface area contributed by atoms with E-state index in [0.717, 1.165) is 5.56 Å². The first-order chi connectivity index (χ1) is 12.4. The molecular weight excluding hydrogens is 481 g/mol. The highest BCUT2D eigenvalue weighted by Crippen LogP contribution is 2.22. The molecule has 0 aliphatic heterocycles. The fourth-order valence-corrected chi connectivity index (χ4v) is 3.14. The van der Waals surface area contributed by atoms with Crippen LogP contribution in [0.5, 0.6) is 0 Å². The zero-order valence-electron chi connectivity index (χ0n) is 15.9. The number of rotatable bonds is 7. The third-order valence-electron chi connectivity index (χ3n) is 3.85. The average Bonchev–Trinajstić information content (AvgIpc) is 3.27. The normalized spacial score (nSPS) is 13.4. The summed E-state index contributed by atoms with van der Waals surface area (Å²) < 4.78 is 10.3. The Hall–Kier alpha value is -1.59. The van der Waals surface area contributed by atoms with Crippen molar-refractivity contribution in [2.45, 2.75) is 32.9 Å². The molecule has 27 heavy (non-hydrogen) atoms. The summed E-state index contributed by atoms with van der Waals surface area (Å²) in [5.41, 5.74) is 0.251. The molecule has 0 saturated heterocycles. The van der Waals surface area contributed by atoms with Crippen molar-refractivity contribution < 1.29 is 19.1 Å². The molecule has 9 heteroatoms. The van der Waals surface area contributed by atoms with Crippen molar-refractivity contribution in [1.82, 2.24) is 10.6 Å². The van der Waals surface area contributed by atoms with Gasteiger partial charge in [-0.1, -0.05) is 0 Å². The first-order valence-electron chi connectivity index (χ1n) is 8.32. The van der Waals surface area contributed by atoms with Gasteiger partial charge >= 0.3 is 5.97 Å². The van der Waals surface area contributed by atoms with Gasteiger partial charge in [-0.25, -0.2) is 9.79 Å². The Bertz CT molecular complexity index is 757. The number of nitrogens with zero attached hydrogens (tertiary/aromatic N) is 1. The molecule has 1 atom stereocenters. The molecule has 0 fully saturated rings. The minimum absolute atomic E-state index is 0. The van der Waals surface area contributed by atoms with Crippen molar-refractivity contribution in [3.05, 3.63) is 45.5 Å². The summed E-state index contributed by atoms with van der Waals surface area (Å²) in [5.74, 6) is 1.18. The highest BCUT2D eigenvalue weighted by Gasteiger charge is 2.23. The number of thiophene rings is 1. The van der Waals surface area contributed by atoms with E-state index >= 15 is 0 Å². The van der Waals surface area contributed by atoms with Crippen molar-refractivity contribution in [2.75, 3.05) is 20.2 Å². The lowest BCUT2D eigenvalue weighted by atomic mass is 9.99. The molecule has 0 aliphatic carbocycles. The van der Waals surface area contributed by atoms with E-state index in [2.05, 4.69) is 15.6 Å². The van der Waals surface area contributed by atoms with Gasteiger partial charge in [-0.05, 0) is 49.2 Å². The quantitative estimate of drug-likeness (QED) is 0.231. The van der Waals surface area contributed by atoms with Crippen LogP contribution in [0.1, 0.15) is 41.3 Å². The van der Waals surface area contributed by atoms with Crippen LogP contribution in [-0.4, -0.2) is 37.2 Å². The SMILES string of the molecule is CCNC(=NCc1cc(C(=O)OC)c(C)o1)NCC(C)(O)c1ccsc1.I. The van der Waals surface area contributed by atoms with Gasteiger partial charge in [0.15, 0.2) is 5.96 Å². The molecule has 0 aromatic carbocycles. The van der Waals surface area contributed by atoms with Gasteiger partial charge in [0, 0.05) is 6.54 Å². The molecule has 2 heterocycles. The molecule has 2 rings (SSSR count). The largest absolute Gasteiger partial charge is 0.465 e. The standard InChI is InChI=1S/C18H25N3O4S.HI/c1-5-19-17(21-11-18(3,23)13-6-7-26-10-13)20-9-14-8-15(12(2)25-14)16(22)24-4;/h6-8,10,23H,5,9,11H2,1-4H3,(H2,19,20,21);1H. The van der Waals surface area contributed by atoms with E-state index in [-0.39, 0.29) is 30.5 Å². The minimum Gasteiger partial charge on any atom is -0.465 e. The highest BCUT2D eigenvalue weighted by atomic mass is 127. The molecule has 0 amide bonds. The van der Waals surface area contributed by atoms with Crippen molar-refractivity contribution in [1.29, 1.82) is 0 Å².